The normalized spacial score (nSPS) is 25.2. The number of furan rings is 1. The lowest BCUT2D eigenvalue weighted by Crippen LogP contribution is -2.57. The molecular formula is C10H13NO2. The maximum atomic E-state index is 11.2. The van der Waals surface area contributed by atoms with E-state index in [1.54, 1.807) is 0 Å². The number of hydrogen-bond acceptors (Lipinski definition) is 2. The average molecular weight is 179 g/mol. The van der Waals surface area contributed by atoms with Gasteiger partial charge in [0.15, 0.2) is 0 Å². The minimum Gasteiger partial charge on any atom is -0.464 e. The molecule has 0 bridgehead atoms. The Morgan fingerprint density at radius 1 is 1.46 bits per heavy atom. The van der Waals surface area contributed by atoms with Crippen molar-refractivity contribution in [3.05, 3.63) is 23.7 Å². The van der Waals surface area contributed by atoms with E-state index in [0.29, 0.717) is 0 Å². The Morgan fingerprint density at radius 2 is 2.15 bits per heavy atom. The van der Waals surface area contributed by atoms with E-state index in [9.17, 15) is 4.79 Å². The fraction of sp³-hybridized carbons (Fsp3) is 0.500. The third-order valence-electron chi connectivity index (χ3n) is 2.63. The molecule has 0 aliphatic carbocycles. The smallest absolute Gasteiger partial charge is 0.228 e. The van der Waals surface area contributed by atoms with Gasteiger partial charge < -0.3 is 9.73 Å². The number of hydrogen-bond donors (Lipinski definition) is 1. The minimum absolute atomic E-state index is 0.0358. The van der Waals surface area contributed by atoms with Crippen molar-refractivity contribution in [3.63, 3.8) is 0 Å². The van der Waals surface area contributed by atoms with Crippen molar-refractivity contribution in [1.29, 1.82) is 0 Å². The molecule has 1 aromatic heterocycles. The molecule has 1 amide bonds. The van der Waals surface area contributed by atoms with Crippen LogP contribution < -0.4 is 5.32 Å². The zero-order chi connectivity index (χ0) is 9.64. The summed E-state index contributed by atoms with van der Waals surface area (Å²) in [6.07, 6.45) is 0. The molecule has 3 nitrogen and oxygen atoms in total. The monoisotopic (exact) mass is 179 g/mol. The highest BCUT2D eigenvalue weighted by Gasteiger charge is 2.49. The molecule has 0 aromatic carbocycles. The van der Waals surface area contributed by atoms with Crippen LogP contribution in [0, 0.1) is 12.3 Å². The van der Waals surface area contributed by atoms with Crippen LogP contribution in [0.4, 0.5) is 0 Å². The van der Waals surface area contributed by atoms with E-state index >= 15 is 0 Å². The Kier molecular flexibility index (Phi) is 1.53. The van der Waals surface area contributed by atoms with E-state index in [1.165, 1.54) is 0 Å². The molecule has 1 aliphatic heterocycles. The SMILES string of the molecule is Cc1ccc(C2NC(=O)C2(C)C)o1. The van der Waals surface area contributed by atoms with Gasteiger partial charge >= 0.3 is 0 Å². The van der Waals surface area contributed by atoms with Crippen molar-refractivity contribution in [3.8, 4) is 0 Å². The first-order valence-corrected chi connectivity index (χ1v) is 4.39. The summed E-state index contributed by atoms with van der Waals surface area (Å²) < 4.78 is 5.46. The fourth-order valence-corrected chi connectivity index (χ4v) is 1.59. The summed E-state index contributed by atoms with van der Waals surface area (Å²) in [5.74, 6) is 1.82. The zero-order valence-corrected chi connectivity index (χ0v) is 8.05. The van der Waals surface area contributed by atoms with E-state index in [4.69, 9.17) is 4.42 Å². The highest BCUT2D eigenvalue weighted by molar-refractivity contribution is 5.89. The van der Waals surface area contributed by atoms with Crippen LogP contribution in [0.1, 0.15) is 31.4 Å². The largest absolute Gasteiger partial charge is 0.464 e. The lowest BCUT2D eigenvalue weighted by molar-refractivity contribution is -0.144. The second-order valence-corrected chi connectivity index (χ2v) is 4.08. The van der Waals surface area contributed by atoms with Gasteiger partial charge in [-0.25, -0.2) is 0 Å². The van der Waals surface area contributed by atoms with Crippen LogP contribution in [-0.2, 0) is 4.79 Å². The van der Waals surface area contributed by atoms with Gasteiger partial charge in [0.2, 0.25) is 5.91 Å². The van der Waals surface area contributed by atoms with Crippen molar-refractivity contribution >= 4 is 5.91 Å². The van der Waals surface area contributed by atoms with Crippen molar-refractivity contribution in [2.24, 2.45) is 5.41 Å². The number of rotatable bonds is 1. The summed E-state index contributed by atoms with van der Waals surface area (Å²) in [6.45, 7) is 5.75. The number of nitrogens with one attached hydrogen (secondary N) is 1. The summed E-state index contributed by atoms with van der Waals surface area (Å²) in [5, 5.41) is 2.83. The molecule has 0 spiro atoms. The third-order valence-corrected chi connectivity index (χ3v) is 2.63. The predicted molar refractivity (Wildman–Crippen MR) is 48.1 cm³/mol. The molecule has 1 N–H and O–H groups in total. The van der Waals surface area contributed by atoms with Crippen LogP contribution in [0.25, 0.3) is 0 Å². The number of carbonyl (C=O) groups excluding carboxylic acids is 1. The summed E-state index contributed by atoms with van der Waals surface area (Å²) in [5.41, 5.74) is -0.329. The lowest BCUT2D eigenvalue weighted by atomic mass is 9.75. The first-order valence-electron chi connectivity index (χ1n) is 4.39. The predicted octanol–water partition coefficient (Wildman–Crippen LogP) is 1.79. The van der Waals surface area contributed by atoms with Gasteiger partial charge in [-0.15, -0.1) is 0 Å². The summed E-state index contributed by atoms with van der Waals surface area (Å²) in [4.78, 5) is 11.2. The van der Waals surface area contributed by atoms with Crippen molar-refractivity contribution in [1.82, 2.24) is 5.32 Å². The molecule has 70 valence electrons. The van der Waals surface area contributed by atoms with Crippen LogP contribution in [0.15, 0.2) is 16.5 Å². The Hall–Kier alpha value is -1.25. The number of amides is 1. The quantitative estimate of drug-likeness (QED) is 0.668. The molecule has 1 unspecified atom stereocenters. The van der Waals surface area contributed by atoms with Gasteiger partial charge in [0.1, 0.15) is 17.6 Å². The van der Waals surface area contributed by atoms with Crippen LogP contribution in [-0.4, -0.2) is 5.91 Å². The third kappa shape index (κ3) is 1.07. The Balaban J connectivity index is 2.26. The van der Waals surface area contributed by atoms with E-state index in [-0.39, 0.29) is 17.4 Å². The highest BCUT2D eigenvalue weighted by Crippen LogP contribution is 2.41. The van der Waals surface area contributed by atoms with E-state index in [2.05, 4.69) is 5.32 Å². The van der Waals surface area contributed by atoms with Crippen molar-refractivity contribution in [2.75, 3.05) is 0 Å². The molecular weight excluding hydrogens is 166 g/mol. The van der Waals surface area contributed by atoms with Crippen LogP contribution in [0.3, 0.4) is 0 Å². The average Bonchev–Trinajstić information content (AvgIpc) is 2.47. The molecule has 1 aromatic rings. The Morgan fingerprint density at radius 3 is 2.54 bits per heavy atom. The molecule has 2 heterocycles. The van der Waals surface area contributed by atoms with Crippen molar-refractivity contribution < 1.29 is 9.21 Å². The molecule has 0 radical (unpaired) electrons. The van der Waals surface area contributed by atoms with Crippen LogP contribution >= 0.6 is 0 Å². The van der Waals surface area contributed by atoms with Gasteiger partial charge in [-0.2, -0.15) is 0 Å². The Labute approximate surface area is 77.1 Å². The number of β-lactam (4-membered cyclic amide) rings is 1. The zero-order valence-electron chi connectivity index (χ0n) is 8.05. The minimum atomic E-state index is -0.329. The molecule has 1 saturated heterocycles. The maximum Gasteiger partial charge on any atom is 0.228 e. The van der Waals surface area contributed by atoms with E-state index in [1.807, 2.05) is 32.9 Å². The standard InChI is InChI=1S/C10H13NO2/c1-6-4-5-7(13-6)8-10(2,3)9(12)11-8/h4-5,8H,1-3H3,(H,11,12). The highest BCUT2D eigenvalue weighted by atomic mass is 16.3. The number of aryl methyl sites for hydroxylation is 1. The summed E-state index contributed by atoms with van der Waals surface area (Å²) in [6, 6.07) is 3.87. The summed E-state index contributed by atoms with van der Waals surface area (Å²) >= 11 is 0. The van der Waals surface area contributed by atoms with E-state index < -0.39 is 0 Å². The molecule has 1 fully saturated rings. The van der Waals surface area contributed by atoms with Crippen molar-refractivity contribution in [2.45, 2.75) is 26.8 Å². The van der Waals surface area contributed by atoms with Gasteiger partial charge in [-0.05, 0) is 32.9 Å². The topological polar surface area (TPSA) is 42.2 Å². The molecule has 1 aliphatic rings. The second-order valence-electron chi connectivity index (χ2n) is 4.08. The van der Waals surface area contributed by atoms with E-state index in [0.717, 1.165) is 11.5 Å². The van der Waals surface area contributed by atoms with Gasteiger partial charge in [-0.3, -0.25) is 4.79 Å². The summed E-state index contributed by atoms with van der Waals surface area (Å²) in [7, 11) is 0. The fourth-order valence-electron chi connectivity index (χ4n) is 1.59. The molecule has 2 rings (SSSR count). The first kappa shape index (κ1) is 8.35. The molecule has 1 atom stereocenters. The Bertz CT molecular complexity index is 352. The van der Waals surface area contributed by atoms with Crippen LogP contribution in [0.2, 0.25) is 0 Å². The molecule has 0 saturated carbocycles. The van der Waals surface area contributed by atoms with Crippen LogP contribution in [0.5, 0.6) is 0 Å². The molecule has 3 heteroatoms. The number of carbonyl (C=O) groups is 1. The van der Waals surface area contributed by atoms with Gasteiger partial charge in [0.05, 0.1) is 5.41 Å². The van der Waals surface area contributed by atoms with Gasteiger partial charge in [0.25, 0.3) is 0 Å². The molecule has 13 heavy (non-hydrogen) atoms. The lowest BCUT2D eigenvalue weighted by Gasteiger charge is -2.42. The first-order chi connectivity index (χ1) is 6.01. The second kappa shape index (κ2) is 2.37. The maximum absolute atomic E-state index is 11.2. The van der Waals surface area contributed by atoms with Gasteiger partial charge in [0, 0.05) is 0 Å². The van der Waals surface area contributed by atoms with Gasteiger partial charge in [-0.1, -0.05) is 0 Å².